The fourth-order valence-electron chi connectivity index (χ4n) is 2.95. The van der Waals surface area contributed by atoms with Crippen molar-refractivity contribution in [1.29, 1.82) is 0 Å². The van der Waals surface area contributed by atoms with Gasteiger partial charge in [0, 0.05) is 12.8 Å². The quantitative estimate of drug-likeness (QED) is 0.719. The van der Waals surface area contributed by atoms with Gasteiger partial charge in [0.1, 0.15) is 18.4 Å². The fourth-order valence-corrected chi connectivity index (χ4v) is 2.95. The molecule has 2 N–H and O–H groups in total. The van der Waals surface area contributed by atoms with Crippen LogP contribution in [0.4, 0.5) is 0 Å². The first-order valence-corrected chi connectivity index (χ1v) is 8.82. The average Bonchev–Trinajstić information content (AvgIpc) is 2.70. The van der Waals surface area contributed by atoms with E-state index >= 15 is 0 Å². The zero-order valence-corrected chi connectivity index (χ0v) is 14.6. The second-order valence-corrected chi connectivity index (χ2v) is 6.33. The number of hydrogen-bond acceptors (Lipinski definition) is 5. The minimum Gasteiger partial charge on any atom is -0.486 e. The van der Waals surface area contributed by atoms with Crippen LogP contribution in [0.5, 0.6) is 11.5 Å². The van der Waals surface area contributed by atoms with Gasteiger partial charge in [0.15, 0.2) is 11.5 Å². The summed E-state index contributed by atoms with van der Waals surface area (Å²) in [4.78, 5) is 31.4. The Kier molecular flexibility index (Phi) is 4.74. The molecule has 1 unspecified atom stereocenters. The molecule has 27 heavy (non-hydrogen) atoms. The fraction of sp³-hybridized carbons (Fsp3) is 0.250. The molecule has 0 spiro atoms. The number of aryl methyl sites for hydroxylation is 1. The number of fused-ring (bicyclic) bond motifs is 2. The lowest BCUT2D eigenvalue weighted by molar-refractivity contribution is -0.121. The SMILES string of the molecule is O=C(CCc1nc2ccccc2[nH]c1=O)NCC1COc2ccccc2O1. The number of benzene rings is 2. The van der Waals surface area contributed by atoms with Crippen LogP contribution in [0.15, 0.2) is 53.3 Å². The summed E-state index contributed by atoms with van der Waals surface area (Å²) in [6.45, 7) is 0.720. The van der Waals surface area contributed by atoms with Crippen LogP contribution in [0.2, 0.25) is 0 Å². The second kappa shape index (κ2) is 7.49. The first-order chi connectivity index (χ1) is 13.2. The number of ether oxygens (including phenoxy) is 2. The minimum atomic E-state index is -0.262. The topological polar surface area (TPSA) is 93.3 Å². The normalized spacial score (nSPS) is 15.5. The number of rotatable bonds is 5. The lowest BCUT2D eigenvalue weighted by Gasteiger charge is -2.26. The number of hydrogen-bond donors (Lipinski definition) is 2. The van der Waals surface area contributed by atoms with Crippen molar-refractivity contribution < 1.29 is 14.3 Å². The van der Waals surface area contributed by atoms with Crippen LogP contribution < -0.4 is 20.3 Å². The van der Waals surface area contributed by atoms with Crippen molar-refractivity contribution in [3.05, 3.63) is 64.6 Å². The Labute approximate surface area is 155 Å². The molecule has 2 heterocycles. The number of carbonyl (C=O) groups excluding carboxylic acids is 1. The molecular weight excluding hydrogens is 346 g/mol. The molecule has 2 aromatic carbocycles. The van der Waals surface area contributed by atoms with Crippen LogP contribution in [0, 0.1) is 0 Å². The summed E-state index contributed by atoms with van der Waals surface area (Å²) in [5, 5.41) is 2.83. The highest BCUT2D eigenvalue weighted by Gasteiger charge is 2.21. The highest BCUT2D eigenvalue weighted by molar-refractivity contribution is 5.76. The van der Waals surface area contributed by atoms with Crippen LogP contribution in [0.1, 0.15) is 12.1 Å². The van der Waals surface area contributed by atoms with Crippen LogP contribution in [0.25, 0.3) is 11.0 Å². The molecular formula is C20H19N3O4. The molecule has 3 aromatic rings. The van der Waals surface area contributed by atoms with Gasteiger partial charge in [0.2, 0.25) is 5.91 Å². The number of amides is 1. The molecule has 1 atom stereocenters. The number of nitrogens with zero attached hydrogens (tertiary/aromatic N) is 1. The van der Waals surface area contributed by atoms with Crippen molar-refractivity contribution in [3.8, 4) is 11.5 Å². The Morgan fingerprint density at radius 2 is 1.93 bits per heavy atom. The molecule has 0 saturated heterocycles. The summed E-state index contributed by atoms with van der Waals surface area (Å²) >= 11 is 0. The van der Waals surface area contributed by atoms with Crippen LogP contribution in [-0.2, 0) is 11.2 Å². The van der Waals surface area contributed by atoms with Gasteiger partial charge in [-0.1, -0.05) is 24.3 Å². The van der Waals surface area contributed by atoms with Gasteiger partial charge in [-0.05, 0) is 24.3 Å². The first kappa shape index (κ1) is 17.1. The molecule has 0 saturated carbocycles. The number of H-pyrrole nitrogens is 1. The molecule has 7 heteroatoms. The average molecular weight is 365 g/mol. The Morgan fingerprint density at radius 3 is 2.81 bits per heavy atom. The Morgan fingerprint density at radius 1 is 1.15 bits per heavy atom. The van der Waals surface area contributed by atoms with E-state index < -0.39 is 0 Å². The lowest BCUT2D eigenvalue weighted by Crippen LogP contribution is -2.40. The van der Waals surface area contributed by atoms with E-state index in [4.69, 9.17) is 9.47 Å². The van der Waals surface area contributed by atoms with Crippen LogP contribution in [-0.4, -0.2) is 35.1 Å². The van der Waals surface area contributed by atoms with E-state index in [9.17, 15) is 9.59 Å². The molecule has 1 aliphatic heterocycles. The Hall–Kier alpha value is -3.35. The zero-order valence-electron chi connectivity index (χ0n) is 14.6. The van der Waals surface area contributed by atoms with Gasteiger partial charge in [0.05, 0.1) is 17.6 Å². The third kappa shape index (κ3) is 3.92. The Bertz CT molecular complexity index is 1030. The smallest absolute Gasteiger partial charge is 0.270 e. The summed E-state index contributed by atoms with van der Waals surface area (Å²) in [7, 11) is 0. The van der Waals surface area contributed by atoms with Gasteiger partial charge in [-0.25, -0.2) is 4.98 Å². The molecule has 0 fully saturated rings. The molecule has 7 nitrogen and oxygen atoms in total. The predicted molar refractivity (Wildman–Crippen MR) is 100 cm³/mol. The predicted octanol–water partition coefficient (Wildman–Crippen LogP) is 1.81. The number of para-hydroxylation sites is 4. The van der Waals surface area contributed by atoms with Crippen molar-refractivity contribution in [2.24, 2.45) is 0 Å². The molecule has 4 rings (SSSR count). The third-order valence-electron chi connectivity index (χ3n) is 4.35. The summed E-state index contributed by atoms with van der Waals surface area (Å²) in [6.07, 6.45) is 0.209. The van der Waals surface area contributed by atoms with E-state index in [1.165, 1.54) is 0 Å². The van der Waals surface area contributed by atoms with Gasteiger partial charge in [-0.2, -0.15) is 0 Å². The standard InChI is InChI=1S/C20H19N3O4/c24-19(21-11-13-12-26-17-7-3-4-8-18(17)27-13)10-9-16-20(25)23-15-6-2-1-5-14(15)22-16/h1-8,13H,9-12H2,(H,21,24)(H,23,25). The van der Waals surface area contributed by atoms with Gasteiger partial charge in [-0.3, -0.25) is 9.59 Å². The molecule has 0 aliphatic carbocycles. The number of aromatic amines is 1. The van der Waals surface area contributed by atoms with Crippen molar-refractivity contribution in [2.75, 3.05) is 13.2 Å². The molecule has 0 bridgehead atoms. The second-order valence-electron chi connectivity index (χ2n) is 6.33. The van der Waals surface area contributed by atoms with E-state index in [-0.39, 0.29) is 30.4 Å². The molecule has 138 valence electrons. The summed E-state index contributed by atoms with van der Waals surface area (Å²) in [5.74, 6) is 1.23. The van der Waals surface area contributed by atoms with Crippen molar-refractivity contribution in [2.45, 2.75) is 18.9 Å². The van der Waals surface area contributed by atoms with Crippen molar-refractivity contribution in [1.82, 2.24) is 15.3 Å². The van der Waals surface area contributed by atoms with Gasteiger partial charge in [0.25, 0.3) is 5.56 Å². The van der Waals surface area contributed by atoms with E-state index in [0.717, 1.165) is 0 Å². The monoisotopic (exact) mass is 365 g/mol. The summed E-state index contributed by atoms with van der Waals surface area (Å²) in [5.41, 5.74) is 1.49. The Balaban J connectivity index is 1.30. The van der Waals surface area contributed by atoms with Crippen molar-refractivity contribution in [3.63, 3.8) is 0 Å². The maximum Gasteiger partial charge on any atom is 0.270 e. The first-order valence-electron chi connectivity index (χ1n) is 8.82. The van der Waals surface area contributed by atoms with Crippen LogP contribution in [0.3, 0.4) is 0 Å². The van der Waals surface area contributed by atoms with Crippen LogP contribution >= 0.6 is 0 Å². The van der Waals surface area contributed by atoms with Gasteiger partial charge >= 0.3 is 0 Å². The van der Waals surface area contributed by atoms with Gasteiger partial charge < -0.3 is 19.8 Å². The van der Waals surface area contributed by atoms with E-state index in [1.807, 2.05) is 42.5 Å². The number of nitrogens with one attached hydrogen (secondary N) is 2. The molecule has 1 aromatic heterocycles. The third-order valence-corrected chi connectivity index (χ3v) is 4.35. The zero-order chi connectivity index (χ0) is 18.6. The molecule has 1 amide bonds. The highest BCUT2D eigenvalue weighted by atomic mass is 16.6. The molecule has 0 radical (unpaired) electrons. The lowest BCUT2D eigenvalue weighted by atomic mass is 10.2. The largest absolute Gasteiger partial charge is 0.486 e. The van der Waals surface area contributed by atoms with E-state index in [0.29, 0.717) is 41.4 Å². The summed E-state index contributed by atoms with van der Waals surface area (Å²) in [6, 6.07) is 14.7. The maximum atomic E-state index is 12.1. The molecule has 1 aliphatic rings. The van der Waals surface area contributed by atoms with E-state index in [2.05, 4.69) is 15.3 Å². The summed E-state index contributed by atoms with van der Waals surface area (Å²) < 4.78 is 11.4. The highest BCUT2D eigenvalue weighted by Crippen LogP contribution is 2.30. The number of carbonyl (C=O) groups is 1. The van der Waals surface area contributed by atoms with Gasteiger partial charge in [-0.15, -0.1) is 0 Å². The van der Waals surface area contributed by atoms with Crippen molar-refractivity contribution >= 4 is 16.9 Å². The maximum absolute atomic E-state index is 12.1. The minimum absolute atomic E-state index is 0.160. The van der Waals surface area contributed by atoms with E-state index in [1.54, 1.807) is 6.07 Å². The number of aromatic nitrogens is 2.